The smallest absolute Gasteiger partial charge is 0.259 e. The van der Waals surface area contributed by atoms with Gasteiger partial charge in [0.1, 0.15) is 18.1 Å². The first-order chi connectivity index (χ1) is 15.2. The molecule has 0 fully saturated rings. The van der Waals surface area contributed by atoms with E-state index in [0.717, 1.165) is 11.4 Å². The number of amides is 1. The van der Waals surface area contributed by atoms with E-state index in [1.807, 2.05) is 17.0 Å². The highest BCUT2D eigenvalue weighted by molar-refractivity contribution is 6.20. The maximum absolute atomic E-state index is 12.7. The minimum atomic E-state index is -0.301. The number of nitrogens with zero attached hydrogens (tertiary/aromatic N) is 4. The predicted molar refractivity (Wildman–Crippen MR) is 115 cm³/mol. The van der Waals surface area contributed by atoms with Crippen LogP contribution >= 0.6 is 0 Å². The van der Waals surface area contributed by atoms with Crippen LogP contribution in [0.2, 0.25) is 0 Å². The van der Waals surface area contributed by atoms with E-state index in [4.69, 9.17) is 24.9 Å². The monoisotopic (exact) mass is 424 g/mol. The molecule has 1 amide bonds. The molecule has 31 heavy (non-hydrogen) atoms. The summed E-state index contributed by atoms with van der Waals surface area (Å²) in [6.07, 6.45) is 3.12. The van der Waals surface area contributed by atoms with Crippen molar-refractivity contribution in [3.05, 3.63) is 47.8 Å². The first-order valence-corrected chi connectivity index (χ1v) is 9.97. The second-order valence-corrected chi connectivity index (χ2v) is 6.73. The Balaban J connectivity index is 1.62. The van der Waals surface area contributed by atoms with Gasteiger partial charge in [0, 0.05) is 31.0 Å². The largest absolute Gasteiger partial charge is 0.491 e. The first kappa shape index (κ1) is 20.8. The number of carbonyl (C=O) groups is 1. The Morgan fingerprint density at radius 1 is 1.26 bits per heavy atom. The summed E-state index contributed by atoms with van der Waals surface area (Å²) < 4.78 is 16.8. The quantitative estimate of drug-likeness (QED) is 0.605. The van der Waals surface area contributed by atoms with E-state index in [1.54, 1.807) is 25.4 Å². The lowest BCUT2D eigenvalue weighted by Crippen LogP contribution is -2.47. The molecule has 162 valence electrons. The number of aromatic nitrogens is 1. The van der Waals surface area contributed by atoms with Gasteiger partial charge in [-0.3, -0.25) is 25.0 Å². The maximum atomic E-state index is 12.7. The number of ether oxygens (including phenoxy) is 3. The lowest BCUT2D eigenvalue weighted by molar-refractivity contribution is 0.0973. The fourth-order valence-corrected chi connectivity index (χ4v) is 3.37. The van der Waals surface area contributed by atoms with Crippen molar-refractivity contribution in [2.24, 2.45) is 15.7 Å². The van der Waals surface area contributed by atoms with E-state index in [1.165, 1.54) is 6.20 Å². The Labute approximate surface area is 179 Å². The van der Waals surface area contributed by atoms with Crippen LogP contribution in [0.25, 0.3) is 0 Å². The number of amidine groups is 1. The van der Waals surface area contributed by atoms with Gasteiger partial charge in [-0.25, -0.2) is 4.99 Å². The first-order valence-electron chi connectivity index (χ1n) is 9.97. The number of carbonyl (C=O) groups excluding carboxylic acids is 1. The fourth-order valence-electron chi connectivity index (χ4n) is 3.37. The molecule has 3 N–H and O–H groups in total. The number of methoxy groups -OCH3 is 1. The third kappa shape index (κ3) is 4.35. The van der Waals surface area contributed by atoms with Crippen LogP contribution in [-0.2, 0) is 4.74 Å². The molecule has 0 atom stereocenters. The molecule has 0 bridgehead atoms. The summed E-state index contributed by atoms with van der Waals surface area (Å²) in [6.45, 7) is 2.92. The van der Waals surface area contributed by atoms with Crippen LogP contribution in [0.4, 0.5) is 5.69 Å². The summed E-state index contributed by atoms with van der Waals surface area (Å²) in [6, 6.07) is 7.13. The van der Waals surface area contributed by atoms with Gasteiger partial charge in [0.05, 0.1) is 32.4 Å². The van der Waals surface area contributed by atoms with Crippen LogP contribution in [0.15, 0.2) is 46.6 Å². The number of aliphatic imine (C=N–C) groups is 2. The van der Waals surface area contributed by atoms with Gasteiger partial charge in [-0.15, -0.1) is 0 Å². The molecule has 10 heteroatoms. The van der Waals surface area contributed by atoms with Crippen LogP contribution in [0.5, 0.6) is 11.5 Å². The third-order valence-electron chi connectivity index (χ3n) is 4.75. The maximum Gasteiger partial charge on any atom is 0.259 e. The van der Waals surface area contributed by atoms with Crippen LogP contribution in [0.3, 0.4) is 0 Å². The molecular formula is C21H24N6O4. The predicted octanol–water partition coefficient (Wildman–Crippen LogP) is 0.938. The Morgan fingerprint density at radius 3 is 2.94 bits per heavy atom. The number of rotatable bonds is 8. The van der Waals surface area contributed by atoms with Gasteiger partial charge in [0.15, 0.2) is 11.5 Å². The van der Waals surface area contributed by atoms with E-state index < -0.39 is 0 Å². The summed E-state index contributed by atoms with van der Waals surface area (Å²) in [7, 11) is 1.56. The third-order valence-corrected chi connectivity index (χ3v) is 4.75. The fraction of sp³-hybridized carbons (Fsp3) is 0.333. The highest BCUT2D eigenvalue weighted by Crippen LogP contribution is 2.43. The molecule has 2 aliphatic rings. The minimum Gasteiger partial charge on any atom is -0.491 e. The van der Waals surface area contributed by atoms with Gasteiger partial charge < -0.3 is 19.9 Å². The molecule has 10 nitrogen and oxygen atoms in total. The van der Waals surface area contributed by atoms with Crippen LogP contribution in [0.1, 0.15) is 15.9 Å². The average molecular weight is 424 g/mol. The molecule has 3 heterocycles. The van der Waals surface area contributed by atoms with Crippen molar-refractivity contribution in [2.45, 2.75) is 0 Å². The van der Waals surface area contributed by atoms with Gasteiger partial charge in [0.25, 0.3) is 5.91 Å². The lowest BCUT2D eigenvalue weighted by Gasteiger charge is -2.28. The van der Waals surface area contributed by atoms with Crippen molar-refractivity contribution in [2.75, 3.05) is 46.6 Å². The zero-order valence-corrected chi connectivity index (χ0v) is 17.2. The molecule has 1 aromatic carbocycles. The number of guanidine groups is 1. The van der Waals surface area contributed by atoms with E-state index in [0.29, 0.717) is 68.2 Å². The Hall–Kier alpha value is -3.50. The van der Waals surface area contributed by atoms with Gasteiger partial charge in [-0.05, 0) is 24.3 Å². The Bertz CT molecular complexity index is 1010. The number of hydrogen-bond donors (Lipinski definition) is 2. The molecule has 2 aromatic rings. The van der Waals surface area contributed by atoms with Gasteiger partial charge in [-0.1, -0.05) is 0 Å². The topological polar surface area (TPSA) is 124 Å². The molecule has 0 saturated heterocycles. The zero-order chi connectivity index (χ0) is 21.6. The highest BCUT2D eigenvalue weighted by Gasteiger charge is 2.33. The van der Waals surface area contributed by atoms with Crippen molar-refractivity contribution in [3.63, 3.8) is 0 Å². The summed E-state index contributed by atoms with van der Waals surface area (Å²) in [5.41, 5.74) is 7.24. The van der Waals surface area contributed by atoms with Crippen LogP contribution in [0, 0.1) is 0 Å². The zero-order valence-electron chi connectivity index (χ0n) is 17.2. The molecular weight excluding hydrogens is 400 g/mol. The van der Waals surface area contributed by atoms with Crippen molar-refractivity contribution in [3.8, 4) is 11.5 Å². The number of nitrogens with two attached hydrogens (primary N) is 1. The normalized spacial score (nSPS) is 14.3. The molecule has 1 aromatic heterocycles. The van der Waals surface area contributed by atoms with E-state index in [9.17, 15) is 4.79 Å². The highest BCUT2D eigenvalue weighted by atomic mass is 16.5. The van der Waals surface area contributed by atoms with E-state index >= 15 is 0 Å². The van der Waals surface area contributed by atoms with Crippen molar-refractivity contribution in [1.82, 2.24) is 15.2 Å². The average Bonchev–Trinajstić information content (AvgIpc) is 3.30. The number of hydrogen-bond acceptors (Lipinski definition) is 9. The number of fused-ring (bicyclic) bond motifs is 3. The molecule has 4 rings (SSSR count). The van der Waals surface area contributed by atoms with Crippen LogP contribution in [-0.4, -0.2) is 74.2 Å². The van der Waals surface area contributed by atoms with Crippen molar-refractivity contribution < 1.29 is 19.0 Å². The molecule has 0 aliphatic carbocycles. The summed E-state index contributed by atoms with van der Waals surface area (Å²) >= 11 is 0. The molecule has 0 unspecified atom stereocenters. The van der Waals surface area contributed by atoms with Crippen molar-refractivity contribution in [1.29, 1.82) is 0 Å². The van der Waals surface area contributed by atoms with Gasteiger partial charge >= 0.3 is 0 Å². The standard InChI is InChI=1S/C21H24N6O4/c1-29-18-16(31-12-11-30-10-6-22)5-4-15-17(18)25-21(27-9-8-24-19(15)27)26-20(28)14-3-2-7-23-13-14/h2-5,7,13H,6,8-12,22H2,1H3,(H,25,26,28). The molecule has 0 saturated carbocycles. The second kappa shape index (κ2) is 9.54. The second-order valence-electron chi connectivity index (χ2n) is 6.73. The molecule has 2 aliphatic heterocycles. The summed E-state index contributed by atoms with van der Waals surface area (Å²) in [5, 5.41) is 2.87. The van der Waals surface area contributed by atoms with Gasteiger partial charge in [0.2, 0.25) is 5.96 Å². The van der Waals surface area contributed by atoms with Gasteiger partial charge in [-0.2, -0.15) is 0 Å². The van der Waals surface area contributed by atoms with E-state index in [-0.39, 0.29) is 5.91 Å². The van der Waals surface area contributed by atoms with E-state index in [2.05, 4.69) is 15.3 Å². The minimum absolute atomic E-state index is 0.301. The number of pyridine rings is 1. The molecule has 0 spiro atoms. The Kier molecular flexibility index (Phi) is 6.39. The van der Waals surface area contributed by atoms with Crippen molar-refractivity contribution >= 4 is 23.4 Å². The number of nitrogens with one attached hydrogen (secondary N) is 1. The van der Waals surface area contributed by atoms with Crippen LogP contribution < -0.4 is 20.5 Å². The number of benzene rings is 1. The summed E-state index contributed by atoms with van der Waals surface area (Å²) in [5.74, 6) is 1.83. The lowest BCUT2D eigenvalue weighted by atomic mass is 10.1. The SMILES string of the molecule is COc1c(OCCOCCN)ccc2c1N=C(NC(=O)c1cccnc1)N1CCN=C21. The molecule has 0 radical (unpaired) electrons. The Morgan fingerprint density at radius 2 is 2.16 bits per heavy atom. The summed E-state index contributed by atoms with van der Waals surface area (Å²) in [4.78, 5) is 27.9.